The summed E-state index contributed by atoms with van der Waals surface area (Å²) in [4.78, 5) is 24.5. The van der Waals surface area contributed by atoms with Crippen LogP contribution in [0.2, 0.25) is 0 Å². The van der Waals surface area contributed by atoms with Crippen LogP contribution >= 0.6 is 0 Å². The molecule has 6 heteroatoms. The van der Waals surface area contributed by atoms with Gasteiger partial charge in [0, 0.05) is 19.5 Å². The molecule has 20 heavy (non-hydrogen) atoms. The van der Waals surface area contributed by atoms with E-state index < -0.39 is 5.97 Å². The third-order valence-electron chi connectivity index (χ3n) is 3.42. The first kappa shape index (κ1) is 18.7. The maximum Gasteiger partial charge on any atom is 0.314 e. The van der Waals surface area contributed by atoms with Gasteiger partial charge in [-0.3, -0.25) is 4.79 Å². The molecule has 0 aromatic rings. The molecule has 0 fully saturated rings. The maximum absolute atomic E-state index is 11.5. The Morgan fingerprint density at radius 3 is 2.30 bits per heavy atom. The Kier molecular flexibility index (Phi) is 10.8. The van der Waals surface area contributed by atoms with Crippen molar-refractivity contribution in [2.75, 3.05) is 32.7 Å². The number of carboxylic acids is 1. The predicted molar refractivity (Wildman–Crippen MR) is 79.8 cm³/mol. The molecule has 0 aliphatic rings. The van der Waals surface area contributed by atoms with Gasteiger partial charge >= 0.3 is 12.0 Å². The van der Waals surface area contributed by atoms with E-state index in [1.54, 1.807) is 0 Å². The van der Waals surface area contributed by atoms with E-state index >= 15 is 0 Å². The van der Waals surface area contributed by atoms with Crippen LogP contribution in [-0.4, -0.2) is 54.7 Å². The number of rotatable bonds is 11. The van der Waals surface area contributed by atoms with Crippen molar-refractivity contribution in [1.29, 1.82) is 0 Å². The molecule has 0 saturated heterocycles. The van der Waals surface area contributed by atoms with Gasteiger partial charge in [-0.1, -0.05) is 27.2 Å². The van der Waals surface area contributed by atoms with Crippen LogP contribution in [0.5, 0.6) is 0 Å². The second-order valence-electron chi connectivity index (χ2n) is 4.89. The average Bonchev–Trinajstić information content (AvgIpc) is 2.43. The fourth-order valence-electron chi connectivity index (χ4n) is 1.95. The fraction of sp³-hybridized carbons (Fsp3) is 0.857. The van der Waals surface area contributed by atoms with E-state index in [-0.39, 0.29) is 18.4 Å². The number of amides is 2. The first-order valence-electron chi connectivity index (χ1n) is 7.49. The minimum Gasteiger partial charge on any atom is -0.481 e. The molecule has 0 spiro atoms. The van der Waals surface area contributed by atoms with Gasteiger partial charge in [0.2, 0.25) is 0 Å². The summed E-state index contributed by atoms with van der Waals surface area (Å²) in [5.41, 5.74) is 0. The topological polar surface area (TPSA) is 81.7 Å². The number of nitrogens with zero attached hydrogens (tertiary/aromatic N) is 1. The molecule has 118 valence electrons. The molecule has 1 atom stereocenters. The first-order chi connectivity index (χ1) is 9.53. The van der Waals surface area contributed by atoms with Crippen molar-refractivity contribution in [1.82, 2.24) is 15.5 Å². The van der Waals surface area contributed by atoms with Crippen molar-refractivity contribution in [2.45, 2.75) is 40.0 Å². The molecule has 1 unspecified atom stereocenters. The van der Waals surface area contributed by atoms with Crippen molar-refractivity contribution in [2.24, 2.45) is 5.92 Å². The van der Waals surface area contributed by atoms with E-state index in [1.807, 2.05) is 6.92 Å². The van der Waals surface area contributed by atoms with E-state index in [9.17, 15) is 9.59 Å². The minimum absolute atomic E-state index is 0.00563. The maximum atomic E-state index is 11.5. The number of nitrogens with one attached hydrogen (secondary N) is 2. The van der Waals surface area contributed by atoms with Crippen molar-refractivity contribution in [3.63, 3.8) is 0 Å². The average molecular weight is 287 g/mol. The van der Waals surface area contributed by atoms with Crippen LogP contribution in [0.4, 0.5) is 4.79 Å². The number of carboxylic acid groups (broad SMARTS) is 1. The van der Waals surface area contributed by atoms with Crippen molar-refractivity contribution in [3.05, 3.63) is 0 Å². The van der Waals surface area contributed by atoms with Crippen LogP contribution in [0.25, 0.3) is 0 Å². The number of hydrogen-bond acceptors (Lipinski definition) is 3. The lowest BCUT2D eigenvalue weighted by molar-refractivity contribution is -0.138. The van der Waals surface area contributed by atoms with Crippen LogP contribution in [0.3, 0.4) is 0 Å². The van der Waals surface area contributed by atoms with Gasteiger partial charge in [0.25, 0.3) is 0 Å². The molecule has 0 aliphatic carbocycles. The third-order valence-corrected chi connectivity index (χ3v) is 3.42. The summed E-state index contributed by atoms with van der Waals surface area (Å²) in [7, 11) is 0. The summed E-state index contributed by atoms with van der Waals surface area (Å²) in [6, 6.07) is -0.214. The summed E-state index contributed by atoms with van der Waals surface area (Å²) < 4.78 is 0. The normalized spacial score (nSPS) is 12.2. The lowest BCUT2D eigenvalue weighted by Crippen LogP contribution is -2.39. The summed E-state index contributed by atoms with van der Waals surface area (Å²) in [6.07, 6.45) is 1.76. The summed E-state index contributed by atoms with van der Waals surface area (Å²) in [5.74, 6) is -0.827. The molecular weight excluding hydrogens is 258 g/mol. The van der Waals surface area contributed by atoms with E-state index in [4.69, 9.17) is 5.11 Å². The Bertz CT molecular complexity index is 281. The zero-order valence-corrected chi connectivity index (χ0v) is 12.9. The van der Waals surface area contributed by atoms with Crippen molar-refractivity contribution < 1.29 is 14.7 Å². The smallest absolute Gasteiger partial charge is 0.314 e. The van der Waals surface area contributed by atoms with Crippen molar-refractivity contribution in [3.8, 4) is 0 Å². The van der Waals surface area contributed by atoms with Gasteiger partial charge in [-0.15, -0.1) is 0 Å². The summed E-state index contributed by atoms with van der Waals surface area (Å²) in [6.45, 7) is 10.2. The molecule has 0 heterocycles. The number of hydrogen-bond donors (Lipinski definition) is 3. The van der Waals surface area contributed by atoms with Crippen LogP contribution in [0.1, 0.15) is 40.0 Å². The molecule has 0 aromatic heterocycles. The van der Waals surface area contributed by atoms with Gasteiger partial charge in [0.1, 0.15) is 0 Å². The molecule has 0 bridgehead atoms. The van der Waals surface area contributed by atoms with E-state index in [0.717, 1.165) is 32.5 Å². The highest BCUT2D eigenvalue weighted by atomic mass is 16.4. The summed E-state index contributed by atoms with van der Waals surface area (Å²) >= 11 is 0. The summed E-state index contributed by atoms with van der Waals surface area (Å²) in [5, 5.41) is 14.2. The fourth-order valence-corrected chi connectivity index (χ4v) is 1.95. The number of carbonyl (C=O) groups is 2. The monoisotopic (exact) mass is 287 g/mol. The largest absolute Gasteiger partial charge is 0.481 e. The highest BCUT2D eigenvalue weighted by molar-refractivity contribution is 5.74. The zero-order chi connectivity index (χ0) is 15.4. The predicted octanol–water partition coefficient (Wildman–Crippen LogP) is 1.52. The van der Waals surface area contributed by atoms with Crippen LogP contribution in [0.15, 0.2) is 0 Å². The van der Waals surface area contributed by atoms with E-state index in [0.29, 0.717) is 13.1 Å². The van der Waals surface area contributed by atoms with Gasteiger partial charge in [0.05, 0.1) is 0 Å². The Balaban J connectivity index is 3.70. The molecular formula is C14H29N3O3. The Labute approximate surface area is 121 Å². The second kappa shape index (κ2) is 11.5. The quantitative estimate of drug-likeness (QED) is 0.503. The first-order valence-corrected chi connectivity index (χ1v) is 7.49. The van der Waals surface area contributed by atoms with Gasteiger partial charge in [-0.05, 0) is 32.0 Å². The molecule has 0 aliphatic heterocycles. The van der Waals surface area contributed by atoms with E-state index in [2.05, 4.69) is 29.4 Å². The van der Waals surface area contributed by atoms with Crippen LogP contribution in [0, 0.1) is 5.92 Å². The zero-order valence-electron chi connectivity index (χ0n) is 12.9. The van der Waals surface area contributed by atoms with Crippen molar-refractivity contribution >= 4 is 12.0 Å². The van der Waals surface area contributed by atoms with Gasteiger partial charge in [-0.2, -0.15) is 0 Å². The lowest BCUT2D eigenvalue weighted by Gasteiger charge is -2.18. The van der Waals surface area contributed by atoms with E-state index in [1.165, 1.54) is 0 Å². The highest BCUT2D eigenvalue weighted by Crippen LogP contribution is 2.06. The Morgan fingerprint density at radius 1 is 1.15 bits per heavy atom. The number of urea groups is 1. The standard InChI is InChI=1S/C14H29N3O3/c1-4-12(10-13(18)19)11-16-14(20)15-8-7-9-17(5-2)6-3/h12H,4-11H2,1-3H3,(H,18,19)(H2,15,16,20). The number of aliphatic carboxylic acids is 1. The third kappa shape index (κ3) is 9.61. The Morgan fingerprint density at radius 2 is 1.80 bits per heavy atom. The molecule has 0 rings (SSSR count). The van der Waals surface area contributed by atoms with Crippen LogP contribution < -0.4 is 10.6 Å². The highest BCUT2D eigenvalue weighted by Gasteiger charge is 2.12. The SMILES string of the molecule is CCC(CNC(=O)NCCCN(CC)CC)CC(=O)O. The molecule has 0 aromatic carbocycles. The molecule has 0 radical (unpaired) electrons. The molecule has 6 nitrogen and oxygen atoms in total. The van der Waals surface area contributed by atoms with Gasteiger partial charge in [-0.25, -0.2) is 4.79 Å². The minimum atomic E-state index is -0.821. The lowest BCUT2D eigenvalue weighted by atomic mass is 10.0. The molecule has 2 amide bonds. The molecule has 3 N–H and O–H groups in total. The van der Waals surface area contributed by atoms with Crippen LogP contribution in [-0.2, 0) is 4.79 Å². The number of carbonyl (C=O) groups excluding carboxylic acids is 1. The second-order valence-corrected chi connectivity index (χ2v) is 4.89. The van der Waals surface area contributed by atoms with Gasteiger partial charge < -0.3 is 20.6 Å². The molecule has 0 saturated carbocycles. The van der Waals surface area contributed by atoms with Gasteiger partial charge in [0.15, 0.2) is 0 Å². The Hall–Kier alpha value is -1.30.